The Labute approximate surface area is 125 Å². The zero-order valence-corrected chi connectivity index (χ0v) is 11.8. The van der Waals surface area contributed by atoms with Gasteiger partial charge in [0.1, 0.15) is 5.82 Å². The highest BCUT2D eigenvalue weighted by atomic mass is 19.1. The first-order chi connectivity index (χ1) is 10.6. The molecule has 0 fully saturated rings. The summed E-state index contributed by atoms with van der Waals surface area (Å²) in [4.78, 5) is 15.7. The lowest BCUT2D eigenvalue weighted by atomic mass is 10.1. The molecule has 5 nitrogen and oxygen atoms in total. The molecule has 2 aromatic heterocycles. The number of fused-ring (bicyclic) bond motifs is 1. The van der Waals surface area contributed by atoms with E-state index in [4.69, 9.17) is 9.84 Å². The largest absolute Gasteiger partial charge is 0.493 e. The van der Waals surface area contributed by atoms with E-state index in [0.717, 1.165) is 0 Å². The molecule has 0 saturated carbocycles. The van der Waals surface area contributed by atoms with E-state index in [0.29, 0.717) is 28.3 Å². The maximum atomic E-state index is 13.1. The minimum atomic E-state index is -0.965. The van der Waals surface area contributed by atoms with Crippen molar-refractivity contribution in [2.24, 2.45) is 0 Å². The molecule has 6 heteroatoms. The molecular formula is C16H13FN2O3. The van der Waals surface area contributed by atoms with E-state index >= 15 is 0 Å². The number of aliphatic carboxylic acids is 1. The quantitative estimate of drug-likeness (QED) is 0.804. The first-order valence-electron chi connectivity index (χ1n) is 6.62. The number of nitrogens with zero attached hydrogens (tertiary/aromatic N) is 2. The molecule has 0 aliphatic heterocycles. The van der Waals surface area contributed by atoms with Gasteiger partial charge < -0.3 is 9.84 Å². The maximum absolute atomic E-state index is 13.1. The average molecular weight is 300 g/mol. The van der Waals surface area contributed by atoms with Gasteiger partial charge in [-0.05, 0) is 36.4 Å². The van der Waals surface area contributed by atoms with E-state index < -0.39 is 5.97 Å². The molecule has 0 aliphatic carbocycles. The van der Waals surface area contributed by atoms with E-state index in [2.05, 4.69) is 4.98 Å². The molecular weight excluding hydrogens is 287 g/mol. The first kappa shape index (κ1) is 14.1. The van der Waals surface area contributed by atoms with Crippen LogP contribution in [0.2, 0.25) is 0 Å². The highest BCUT2D eigenvalue weighted by Gasteiger charge is 2.18. The van der Waals surface area contributed by atoms with Crippen molar-refractivity contribution in [3.8, 4) is 17.0 Å². The van der Waals surface area contributed by atoms with Gasteiger partial charge in [-0.15, -0.1) is 0 Å². The second-order valence-electron chi connectivity index (χ2n) is 4.75. The predicted octanol–water partition coefficient (Wildman–Crippen LogP) is 2.78. The number of hydrogen-bond donors (Lipinski definition) is 1. The Morgan fingerprint density at radius 2 is 2.05 bits per heavy atom. The smallest absolute Gasteiger partial charge is 0.309 e. The highest BCUT2D eigenvalue weighted by Crippen LogP contribution is 2.29. The predicted molar refractivity (Wildman–Crippen MR) is 78.5 cm³/mol. The summed E-state index contributed by atoms with van der Waals surface area (Å²) >= 11 is 0. The molecule has 0 amide bonds. The van der Waals surface area contributed by atoms with Gasteiger partial charge in [0.25, 0.3) is 0 Å². The van der Waals surface area contributed by atoms with Crippen molar-refractivity contribution in [3.63, 3.8) is 0 Å². The molecule has 0 aliphatic rings. The number of aromatic nitrogens is 2. The van der Waals surface area contributed by atoms with Crippen molar-refractivity contribution in [3.05, 3.63) is 54.1 Å². The van der Waals surface area contributed by atoms with Crippen LogP contribution < -0.4 is 4.74 Å². The fourth-order valence-corrected chi connectivity index (χ4v) is 2.40. The molecule has 0 bridgehead atoms. The zero-order valence-electron chi connectivity index (χ0n) is 11.8. The van der Waals surface area contributed by atoms with Gasteiger partial charge in [-0.3, -0.25) is 9.20 Å². The Kier molecular flexibility index (Phi) is 3.50. The van der Waals surface area contributed by atoms with Crippen molar-refractivity contribution >= 4 is 11.6 Å². The minimum Gasteiger partial charge on any atom is -0.493 e. The lowest BCUT2D eigenvalue weighted by Crippen LogP contribution is -2.04. The lowest BCUT2D eigenvalue weighted by Gasteiger charge is -2.04. The van der Waals surface area contributed by atoms with Crippen LogP contribution in [0.5, 0.6) is 5.75 Å². The van der Waals surface area contributed by atoms with Gasteiger partial charge in [0.05, 0.1) is 24.9 Å². The number of carboxylic acid groups (broad SMARTS) is 1. The van der Waals surface area contributed by atoms with Gasteiger partial charge in [0.2, 0.25) is 0 Å². The van der Waals surface area contributed by atoms with Crippen LogP contribution in [0.15, 0.2) is 42.6 Å². The van der Waals surface area contributed by atoms with Crippen LogP contribution in [0.1, 0.15) is 5.69 Å². The monoisotopic (exact) mass is 300 g/mol. The Morgan fingerprint density at radius 1 is 1.32 bits per heavy atom. The number of pyridine rings is 1. The normalized spacial score (nSPS) is 10.8. The fraction of sp³-hybridized carbons (Fsp3) is 0.125. The molecule has 3 aromatic rings. The van der Waals surface area contributed by atoms with Gasteiger partial charge in [0.15, 0.2) is 11.4 Å². The Bertz CT molecular complexity index is 840. The number of carbonyl (C=O) groups is 1. The Hall–Kier alpha value is -2.89. The molecule has 0 unspecified atom stereocenters. The molecule has 0 radical (unpaired) electrons. The van der Waals surface area contributed by atoms with Crippen LogP contribution >= 0.6 is 0 Å². The standard InChI is InChI=1S/C16H13FN2O3/c1-22-13-3-2-8-19-12(9-14(20)21)15(18-16(13)19)10-4-6-11(17)7-5-10/h2-8H,9H2,1H3,(H,20,21). The minimum absolute atomic E-state index is 0.193. The summed E-state index contributed by atoms with van der Waals surface area (Å²) in [5.74, 6) is -0.777. The summed E-state index contributed by atoms with van der Waals surface area (Å²) in [5, 5.41) is 9.15. The van der Waals surface area contributed by atoms with Gasteiger partial charge in [-0.1, -0.05) is 0 Å². The average Bonchev–Trinajstić information content (AvgIpc) is 2.86. The SMILES string of the molecule is COc1cccn2c(CC(=O)O)c(-c3ccc(F)cc3)nc12. The number of ether oxygens (including phenoxy) is 1. The number of halogens is 1. The summed E-state index contributed by atoms with van der Waals surface area (Å²) in [6.07, 6.45) is 1.54. The van der Waals surface area contributed by atoms with Crippen molar-refractivity contribution in [2.75, 3.05) is 7.11 Å². The molecule has 1 N–H and O–H groups in total. The van der Waals surface area contributed by atoms with Gasteiger partial charge in [-0.2, -0.15) is 0 Å². The summed E-state index contributed by atoms with van der Waals surface area (Å²) in [7, 11) is 1.53. The van der Waals surface area contributed by atoms with Crippen molar-refractivity contribution in [1.82, 2.24) is 9.38 Å². The molecule has 0 saturated heterocycles. The summed E-state index contributed by atoms with van der Waals surface area (Å²) in [6.45, 7) is 0. The molecule has 3 rings (SSSR count). The zero-order chi connectivity index (χ0) is 15.7. The second kappa shape index (κ2) is 5.48. The molecule has 2 heterocycles. The summed E-state index contributed by atoms with van der Waals surface area (Å²) in [5.41, 5.74) is 2.21. The van der Waals surface area contributed by atoms with Crippen LogP contribution in [0.3, 0.4) is 0 Å². The van der Waals surface area contributed by atoms with Crippen LogP contribution in [0.4, 0.5) is 4.39 Å². The van der Waals surface area contributed by atoms with Crippen LogP contribution in [-0.4, -0.2) is 27.6 Å². The number of benzene rings is 1. The molecule has 22 heavy (non-hydrogen) atoms. The Morgan fingerprint density at radius 3 is 2.68 bits per heavy atom. The molecule has 112 valence electrons. The number of rotatable bonds is 4. The van der Waals surface area contributed by atoms with E-state index in [1.54, 1.807) is 34.9 Å². The molecule has 1 aromatic carbocycles. The highest BCUT2D eigenvalue weighted by molar-refractivity contribution is 5.77. The number of carboxylic acids is 1. The van der Waals surface area contributed by atoms with Crippen LogP contribution in [0.25, 0.3) is 16.9 Å². The summed E-state index contributed by atoms with van der Waals surface area (Å²) in [6, 6.07) is 9.31. The maximum Gasteiger partial charge on any atom is 0.309 e. The van der Waals surface area contributed by atoms with E-state index in [1.165, 1.54) is 19.2 Å². The van der Waals surface area contributed by atoms with Crippen molar-refractivity contribution < 1.29 is 19.0 Å². The topological polar surface area (TPSA) is 63.8 Å². The van der Waals surface area contributed by atoms with Gasteiger partial charge in [0, 0.05) is 11.8 Å². The second-order valence-corrected chi connectivity index (χ2v) is 4.75. The third kappa shape index (κ3) is 2.39. The Balaban J connectivity index is 2.27. The van der Waals surface area contributed by atoms with Crippen LogP contribution in [-0.2, 0) is 11.2 Å². The molecule has 0 spiro atoms. The third-order valence-electron chi connectivity index (χ3n) is 3.37. The van der Waals surface area contributed by atoms with E-state index in [1.807, 2.05) is 0 Å². The van der Waals surface area contributed by atoms with Gasteiger partial charge in [-0.25, -0.2) is 9.37 Å². The van der Waals surface area contributed by atoms with Gasteiger partial charge >= 0.3 is 5.97 Å². The number of hydrogen-bond acceptors (Lipinski definition) is 3. The first-order valence-corrected chi connectivity index (χ1v) is 6.62. The molecule has 0 atom stereocenters. The van der Waals surface area contributed by atoms with E-state index in [9.17, 15) is 9.18 Å². The van der Waals surface area contributed by atoms with Crippen LogP contribution in [0, 0.1) is 5.82 Å². The fourth-order valence-electron chi connectivity index (χ4n) is 2.40. The number of imidazole rings is 1. The van der Waals surface area contributed by atoms with Crippen molar-refractivity contribution in [2.45, 2.75) is 6.42 Å². The number of methoxy groups -OCH3 is 1. The third-order valence-corrected chi connectivity index (χ3v) is 3.37. The van der Waals surface area contributed by atoms with E-state index in [-0.39, 0.29) is 12.2 Å². The summed E-state index contributed by atoms with van der Waals surface area (Å²) < 4.78 is 20.0. The lowest BCUT2D eigenvalue weighted by molar-refractivity contribution is -0.136. The van der Waals surface area contributed by atoms with Crippen molar-refractivity contribution in [1.29, 1.82) is 0 Å².